The van der Waals surface area contributed by atoms with Crippen molar-refractivity contribution >= 4 is 5.91 Å². The summed E-state index contributed by atoms with van der Waals surface area (Å²) in [5.74, 6) is -3.86. The summed E-state index contributed by atoms with van der Waals surface area (Å²) in [6.45, 7) is 1.60. The molecule has 0 radical (unpaired) electrons. The lowest BCUT2D eigenvalue weighted by Crippen LogP contribution is -2.31. The van der Waals surface area contributed by atoms with E-state index in [-0.39, 0.29) is 0 Å². The zero-order valence-corrected chi connectivity index (χ0v) is 11.5. The minimum atomic E-state index is -1.34. The smallest absolute Gasteiger partial charge is 0.257 e. The van der Waals surface area contributed by atoms with Crippen molar-refractivity contribution < 1.29 is 18.0 Å². The van der Waals surface area contributed by atoms with Crippen molar-refractivity contribution in [1.82, 2.24) is 9.88 Å². The van der Waals surface area contributed by atoms with Crippen LogP contribution >= 0.6 is 0 Å². The van der Waals surface area contributed by atoms with Crippen molar-refractivity contribution in [2.75, 3.05) is 7.05 Å². The Balaban J connectivity index is 2.31. The predicted octanol–water partition coefficient (Wildman–Crippen LogP) is 3.33. The van der Waals surface area contributed by atoms with Gasteiger partial charge in [-0.3, -0.25) is 4.79 Å². The van der Waals surface area contributed by atoms with Crippen LogP contribution in [0, 0.1) is 17.6 Å². The minimum Gasteiger partial charge on any atom is -0.335 e. The van der Waals surface area contributed by atoms with Gasteiger partial charge >= 0.3 is 0 Å². The molecule has 0 fully saturated rings. The largest absolute Gasteiger partial charge is 0.335 e. The molecule has 0 aliphatic rings. The standard InChI is InChI=1S/C15H13F3N2O/c1-9(10-5-3-4-6-12(10)16)20(2)15(21)11-7-8-19-14(18)13(11)17/h3-9H,1-2H3. The molecule has 3 nitrogen and oxygen atoms in total. The molecular formula is C15H13F3N2O. The fourth-order valence-corrected chi connectivity index (χ4v) is 1.97. The fraction of sp³-hybridized carbons (Fsp3) is 0.200. The summed E-state index contributed by atoms with van der Waals surface area (Å²) in [6, 6.07) is 6.44. The van der Waals surface area contributed by atoms with Crippen LogP contribution in [-0.2, 0) is 0 Å². The summed E-state index contributed by atoms with van der Waals surface area (Å²) in [4.78, 5) is 16.5. The molecular weight excluding hydrogens is 281 g/mol. The van der Waals surface area contributed by atoms with Crippen molar-refractivity contribution in [3.05, 3.63) is 65.2 Å². The first-order chi connectivity index (χ1) is 9.93. The van der Waals surface area contributed by atoms with Gasteiger partial charge in [0.05, 0.1) is 11.6 Å². The van der Waals surface area contributed by atoms with Crippen LogP contribution in [0.25, 0.3) is 0 Å². The van der Waals surface area contributed by atoms with Gasteiger partial charge in [0.1, 0.15) is 5.82 Å². The van der Waals surface area contributed by atoms with Crippen LogP contribution in [0.4, 0.5) is 13.2 Å². The molecule has 21 heavy (non-hydrogen) atoms. The van der Waals surface area contributed by atoms with Crippen molar-refractivity contribution in [2.24, 2.45) is 0 Å². The Bertz CT molecular complexity index is 676. The Morgan fingerprint density at radius 2 is 1.86 bits per heavy atom. The van der Waals surface area contributed by atoms with Crippen molar-refractivity contribution in [1.29, 1.82) is 0 Å². The lowest BCUT2D eigenvalue weighted by Gasteiger charge is -2.25. The molecule has 0 saturated heterocycles. The van der Waals surface area contributed by atoms with Gasteiger partial charge in [-0.25, -0.2) is 13.8 Å². The Hall–Kier alpha value is -2.37. The summed E-state index contributed by atoms with van der Waals surface area (Å²) < 4.78 is 40.4. The summed E-state index contributed by atoms with van der Waals surface area (Å²) >= 11 is 0. The van der Waals surface area contributed by atoms with Crippen LogP contribution in [-0.4, -0.2) is 22.8 Å². The molecule has 2 rings (SSSR count). The third-order valence-electron chi connectivity index (χ3n) is 3.33. The average Bonchev–Trinajstić information content (AvgIpc) is 2.48. The predicted molar refractivity (Wildman–Crippen MR) is 71.1 cm³/mol. The molecule has 0 bridgehead atoms. The summed E-state index contributed by atoms with van der Waals surface area (Å²) in [5.41, 5.74) is -0.142. The molecule has 2 aromatic rings. The molecule has 110 valence electrons. The highest BCUT2D eigenvalue weighted by atomic mass is 19.2. The second-order valence-corrected chi connectivity index (χ2v) is 4.58. The number of hydrogen-bond donors (Lipinski definition) is 0. The zero-order chi connectivity index (χ0) is 15.6. The van der Waals surface area contributed by atoms with Crippen molar-refractivity contribution in [3.8, 4) is 0 Å². The van der Waals surface area contributed by atoms with Gasteiger partial charge in [-0.15, -0.1) is 0 Å². The highest BCUT2D eigenvalue weighted by molar-refractivity contribution is 5.94. The number of pyridine rings is 1. The monoisotopic (exact) mass is 294 g/mol. The topological polar surface area (TPSA) is 33.2 Å². The quantitative estimate of drug-likeness (QED) is 0.814. The SMILES string of the molecule is CC(c1ccccc1F)N(C)C(=O)c1ccnc(F)c1F. The number of benzene rings is 1. The maximum absolute atomic E-state index is 13.7. The molecule has 1 amide bonds. The van der Waals surface area contributed by atoms with Gasteiger partial charge in [-0.1, -0.05) is 18.2 Å². The lowest BCUT2D eigenvalue weighted by atomic mass is 10.1. The Morgan fingerprint density at radius 3 is 2.52 bits per heavy atom. The van der Waals surface area contributed by atoms with Crippen LogP contribution < -0.4 is 0 Å². The van der Waals surface area contributed by atoms with Crippen LogP contribution in [0.1, 0.15) is 28.9 Å². The molecule has 1 aromatic carbocycles. The van der Waals surface area contributed by atoms with Crippen molar-refractivity contribution in [2.45, 2.75) is 13.0 Å². The van der Waals surface area contributed by atoms with E-state index in [1.165, 1.54) is 25.2 Å². The van der Waals surface area contributed by atoms with E-state index >= 15 is 0 Å². The van der Waals surface area contributed by atoms with Gasteiger partial charge in [0.25, 0.3) is 5.91 Å². The number of hydrogen-bond acceptors (Lipinski definition) is 2. The number of halogens is 3. The zero-order valence-electron chi connectivity index (χ0n) is 11.5. The maximum Gasteiger partial charge on any atom is 0.257 e. The van der Waals surface area contributed by atoms with Gasteiger partial charge in [0.2, 0.25) is 5.95 Å². The van der Waals surface area contributed by atoms with Gasteiger partial charge < -0.3 is 4.90 Å². The average molecular weight is 294 g/mol. The van der Waals surface area contributed by atoms with Gasteiger partial charge in [-0.2, -0.15) is 4.39 Å². The third-order valence-corrected chi connectivity index (χ3v) is 3.33. The first kappa shape index (κ1) is 15.0. The second-order valence-electron chi connectivity index (χ2n) is 4.58. The molecule has 0 aliphatic carbocycles. The van der Waals surface area contributed by atoms with E-state index in [1.54, 1.807) is 13.0 Å². The molecule has 1 unspecified atom stereocenters. The highest BCUT2D eigenvalue weighted by Gasteiger charge is 2.24. The number of rotatable bonds is 3. The minimum absolute atomic E-state index is 0.295. The van der Waals surface area contributed by atoms with Gasteiger partial charge in [0, 0.05) is 18.8 Å². The normalized spacial score (nSPS) is 12.0. The highest BCUT2D eigenvalue weighted by Crippen LogP contribution is 2.23. The first-order valence-corrected chi connectivity index (χ1v) is 6.25. The van der Waals surface area contributed by atoms with E-state index in [1.807, 2.05) is 0 Å². The van der Waals surface area contributed by atoms with E-state index in [9.17, 15) is 18.0 Å². The first-order valence-electron chi connectivity index (χ1n) is 6.25. The molecule has 0 N–H and O–H groups in total. The number of carbonyl (C=O) groups excluding carboxylic acids is 1. The molecule has 6 heteroatoms. The van der Waals surface area contributed by atoms with Gasteiger partial charge in [0.15, 0.2) is 5.82 Å². The number of amides is 1. The Labute approximate surface area is 120 Å². The Morgan fingerprint density at radius 1 is 1.19 bits per heavy atom. The summed E-state index contributed by atoms with van der Waals surface area (Å²) in [6.07, 6.45) is 1.01. The van der Waals surface area contributed by atoms with E-state index in [2.05, 4.69) is 4.98 Å². The molecule has 1 heterocycles. The van der Waals surface area contributed by atoms with E-state index in [0.717, 1.165) is 17.2 Å². The molecule has 1 aromatic heterocycles. The van der Waals surface area contributed by atoms with E-state index < -0.39 is 35.1 Å². The summed E-state index contributed by atoms with van der Waals surface area (Å²) in [5, 5.41) is 0. The molecule has 0 saturated carbocycles. The van der Waals surface area contributed by atoms with Crippen LogP contribution in [0.5, 0.6) is 0 Å². The van der Waals surface area contributed by atoms with Crippen LogP contribution in [0.3, 0.4) is 0 Å². The van der Waals surface area contributed by atoms with Crippen LogP contribution in [0.2, 0.25) is 0 Å². The molecule has 0 aliphatic heterocycles. The number of carbonyl (C=O) groups is 1. The molecule has 0 spiro atoms. The summed E-state index contributed by atoms with van der Waals surface area (Å²) in [7, 11) is 1.40. The lowest BCUT2D eigenvalue weighted by molar-refractivity contribution is 0.0734. The Kier molecular flexibility index (Phi) is 4.26. The maximum atomic E-state index is 13.7. The number of aromatic nitrogens is 1. The van der Waals surface area contributed by atoms with Gasteiger partial charge in [-0.05, 0) is 19.1 Å². The number of nitrogens with zero attached hydrogens (tertiary/aromatic N) is 2. The van der Waals surface area contributed by atoms with E-state index in [4.69, 9.17) is 0 Å². The van der Waals surface area contributed by atoms with Crippen molar-refractivity contribution in [3.63, 3.8) is 0 Å². The van der Waals surface area contributed by atoms with Crippen LogP contribution in [0.15, 0.2) is 36.5 Å². The second kappa shape index (κ2) is 5.95. The molecule has 1 atom stereocenters. The fourth-order valence-electron chi connectivity index (χ4n) is 1.97. The van der Waals surface area contributed by atoms with E-state index in [0.29, 0.717) is 5.56 Å². The third kappa shape index (κ3) is 2.89.